The highest BCUT2D eigenvalue weighted by Crippen LogP contribution is 2.00. The van der Waals surface area contributed by atoms with E-state index in [0.29, 0.717) is 13.1 Å². The molecule has 1 rings (SSSR count). The number of aliphatic carboxylic acids is 1. The summed E-state index contributed by atoms with van der Waals surface area (Å²) in [7, 11) is 0. The van der Waals surface area contributed by atoms with Gasteiger partial charge in [-0.25, -0.2) is 9.59 Å². The molecule has 0 aromatic carbocycles. The van der Waals surface area contributed by atoms with E-state index in [0.717, 1.165) is 0 Å². The van der Waals surface area contributed by atoms with Crippen LogP contribution in [-0.4, -0.2) is 44.2 Å². The molecule has 0 radical (unpaired) electrons. The molecule has 8 heteroatoms. The molecule has 3 N–H and O–H groups in total. The molecule has 0 fully saturated rings. The predicted octanol–water partition coefficient (Wildman–Crippen LogP) is -0.559. The summed E-state index contributed by atoms with van der Waals surface area (Å²) in [6, 6.07) is -0.530. The van der Waals surface area contributed by atoms with Gasteiger partial charge in [0, 0.05) is 12.7 Å². The number of nitrogens with zero attached hydrogens (tertiary/aromatic N) is 3. The molecular formula is C9H15N5O3. The highest BCUT2D eigenvalue weighted by Gasteiger charge is 2.28. The summed E-state index contributed by atoms with van der Waals surface area (Å²) in [5.74, 6) is -1.09. The van der Waals surface area contributed by atoms with Crippen molar-refractivity contribution in [1.82, 2.24) is 25.6 Å². The number of carbonyl (C=O) groups excluding carboxylic acids is 1. The number of carbonyl (C=O) groups is 2. The van der Waals surface area contributed by atoms with Crippen molar-refractivity contribution >= 4 is 12.0 Å². The van der Waals surface area contributed by atoms with Crippen molar-refractivity contribution in [1.29, 1.82) is 0 Å². The second-order valence-corrected chi connectivity index (χ2v) is 3.98. The molecule has 0 spiro atoms. The molecule has 0 bridgehead atoms. The number of urea groups is 1. The number of hydrogen-bond acceptors (Lipinski definition) is 4. The number of carboxylic acid groups (broad SMARTS) is 1. The maximum absolute atomic E-state index is 11.4. The first-order chi connectivity index (χ1) is 7.92. The molecule has 0 aliphatic heterocycles. The lowest BCUT2D eigenvalue weighted by molar-refractivity contribution is -0.142. The highest BCUT2D eigenvalue weighted by molar-refractivity contribution is 5.85. The van der Waals surface area contributed by atoms with Crippen molar-refractivity contribution in [3.63, 3.8) is 0 Å². The average Bonchev–Trinajstić information content (AvgIpc) is 2.69. The van der Waals surface area contributed by atoms with Crippen LogP contribution in [0.5, 0.6) is 0 Å². The first kappa shape index (κ1) is 12.9. The lowest BCUT2D eigenvalue weighted by Gasteiger charge is -2.21. The Morgan fingerprint density at radius 1 is 1.47 bits per heavy atom. The van der Waals surface area contributed by atoms with Crippen molar-refractivity contribution in [3.05, 3.63) is 12.4 Å². The van der Waals surface area contributed by atoms with Gasteiger partial charge in [-0.2, -0.15) is 0 Å². The van der Waals surface area contributed by atoms with E-state index in [1.54, 1.807) is 10.9 Å². The van der Waals surface area contributed by atoms with E-state index in [9.17, 15) is 9.59 Å². The Morgan fingerprint density at radius 2 is 2.18 bits per heavy atom. The Hall–Kier alpha value is -2.12. The molecule has 94 valence electrons. The van der Waals surface area contributed by atoms with E-state index in [-0.39, 0.29) is 0 Å². The van der Waals surface area contributed by atoms with Crippen LogP contribution in [0.1, 0.15) is 13.8 Å². The standard InChI is InChI=1S/C9H15N5O3/c1-9(2,7(15)16)12-8(17)10-3-5-14-6-4-11-13-14/h4,6H,3,5H2,1-2H3,(H,15,16)(H2,10,12,17). The van der Waals surface area contributed by atoms with Crippen LogP contribution in [0.4, 0.5) is 4.79 Å². The van der Waals surface area contributed by atoms with Crippen LogP contribution in [-0.2, 0) is 11.3 Å². The molecule has 1 aromatic rings. The molecule has 0 unspecified atom stereocenters. The maximum Gasteiger partial charge on any atom is 0.328 e. The highest BCUT2D eigenvalue weighted by atomic mass is 16.4. The largest absolute Gasteiger partial charge is 0.480 e. The monoisotopic (exact) mass is 241 g/mol. The van der Waals surface area contributed by atoms with Crippen molar-refractivity contribution in [2.75, 3.05) is 6.54 Å². The minimum absolute atomic E-state index is 0.338. The van der Waals surface area contributed by atoms with Gasteiger partial charge in [0.15, 0.2) is 0 Å². The Labute approximate surface area is 98.0 Å². The van der Waals surface area contributed by atoms with Crippen molar-refractivity contribution in [2.24, 2.45) is 0 Å². The zero-order valence-electron chi connectivity index (χ0n) is 9.67. The second-order valence-electron chi connectivity index (χ2n) is 3.98. The summed E-state index contributed by atoms with van der Waals surface area (Å²) in [6.45, 7) is 3.63. The van der Waals surface area contributed by atoms with E-state index in [4.69, 9.17) is 5.11 Å². The van der Waals surface area contributed by atoms with Gasteiger partial charge >= 0.3 is 12.0 Å². The number of carboxylic acids is 1. The van der Waals surface area contributed by atoms with Crippen LogP contribution < -0.4 is 10.6 Å². The lowest BCUT2D eigenvalue weighted by atomic mass is 10.1. The van der Waals surface area contributed by atoms with E-state index in [1.165, 1.54) is 20.0 Å². The fraction of sp³-hybridized carbons (Fsp3) is 0.556. The van der Waals surface area contributed by atoms with Crippen LogP contribution in [0, 0.1) is 0 Å². The molecule has 1 heterocycles. The third-order valence-corrected chi connectivity index (χ3v) is 2.06. The van der Waals surface area contributed by atoms with Gasteiger partial charge in [-0.3, -0.25) is 4.68 Å². The van der Waals surface area contributed by atoms with Crippen LogP contribution in [0.15, 0.2) is 12.4 Å². The summed E-state index contributed by atoms with van der Waals surface area (Å²) < 4.78 is 1.56. The summed E-state index contributed by atoms with van der Waals surface area (Å²) in [4.78, 5) is 22.1. The number of aromatic nitrogens is 3. The van der Waals surface area contributed by atoms with Crippen molar-refractivity contribution < 1.29 is 14.7 Å². The van der Waals surface area contributed by atoms with Gasteiger partial charge in [0.05, 0.1) is 12.7 Å². The average molecular weight is 241 g/mol. The Kier molecular flexibility index (Phi) is 4.02. The quantitative estimate of drug-likeness (QED) is 0.640. The summed E-state index contributed by atoms with van der Waals surface area (Å²) in [5, 5.41) is 21.0. The van der Waals surface area contributed by atoms with Crippen molar-refractivity contribution in [2.45, 2.75) is 25.9 Å². The molecular weight excluding hydrogens is 226 g/mol. The van der Waals surface area contributed by atoms with E-state index < -0.39 is 17.5 Å². The molecule has 0 saturated carbocycles. The minimum atomic E-state index is -1.29. The van der Waals surface area contributed by atoms with Crippen LogP contribution >= 0.6 is 0 Å². The van der Waals surface area contributed by atoms with E-state index >= 15 is 0 Å². The van der Waals surface area contributed by atoms with E-state index in [2.05, 4.69) is 20.9 Å². The second kappa shape index (κ2) is 5.28. The van der Waals surface area contributed by atoms with Gasteiger partial charge in [-0.15, -0.1) is 5.10 Å². The number of nitrogens with one attached hydrogen (secondary N) is 2. The van der Waals surface area contributed by atoms with Gasteiger partial charge in [0.25, 0.3) is 0 Å². The molecule has 8 nitrogen and oxygen atoms in total. The first-order valence-electron chi connectivity index (χ1n) is 5.05. The normalized spacial score (nSPS) is 10.9. The van der Waals surface area contributed by atoms with Gasteiger partial charge in [0.2, 0.25) is 0 Å². The molecule has 1 aromatic heterocycles. The lowest BCUT2D eigenvalue weighted by Crippen LogP contribution is -2.53. The van der Waals surface area contributed by atoms with Crippen molar-refractivity contribution in [3.8, 4) is 0 Å². The fourth-order valence-electron chi connectivity index (χ4n) is 1.02. The number of rotatable bonds is 5. The Balaban J connectivity index is 2.28. The van der Waals surface area contributed by atoms with Gasteiger partial charge in [0.1, 0.15) is 5.54 Å². The fourth-order valence-corrected chi connectivity index (χ4v) is 1.02. The topological polar surface area (TPSA) is 109 Å². The van der Waals surface area contributed by atoms with Crippen LogP contribution in [0.3, 0.4) is 0 Å². The Morgan fingerprint density at radius 3 is 2.71 bits per heavy atom. The molecule has 0 atom stereocenters. The molecule has 17 heavy (non-hydrogen) atoms. The molecule has 0 aliphatic rings. The smallest absolute Gasteiger partial charge is 0.328 e. The number of amides is 2. The van der Waals surface area contributed by atoms with Gasteiger partial charge in [-0.05, 0) is 13.8 Å². The zero-order chi connectivity index (χ0) is 12.9. The minimum Gasteiger partial charge on any atom is -0.480 e. The molecule has 0 saturated heterocycles. The Bertz CT molecular complexity index is 387. The SMILES string of the molecule is CC(C)(NC(=O)NCCn1ccnn1)C(=O)O. The van der Waals surface area contributed by atoms with Gasteiger partial charge in [-0.1, -0.05) is 5.21 Å². The third kappa shape index (κ3) is 4.09. The maximum atomic E-state index is 11.4. The summed E-state index contributed by atoms with van der Waals surface area (Å²) in [5.41, 5.74) is -1.29. The molecule has 0 aliphatic carbocycles. The van der Waals surface area contributed by atoms with Gasteiger partial charge < -0.3 is 15.7 Å². The first-order valence-corrected chi connectivity index (χ1v) is 5.05. The van der Waals surface area contributed by atoms with Crippen LogP contribution in [0.25, 0.3) is 0 Å². The van der Waals surface area contributed by atoms with Crippen LogP contribution in [0.2, 0.25) is 0 Å². The predicted molar refractivity (Wildman–Crippen MR) is 58.3 cm³/mol. The zero-order valence-corrected chi connectivity index (χ0v) is 9.67. The van der Waals surface area contributed by atoms with E-state index in [1.807, 2.05) is 0 Å². The summed E-state index contributed by atoms with van der Waals surface area (Å²) in [6.07, 6.45) is 3.20. The third-order valence-electron chi connectivity index (χ3n) is 2.06. The number of hydrogen-bond donors (Lipinski definition) is 3. The molecule has 2 amide bonds. The summed E-state index contributed by atoms with van der Waals surface area (Å²) >= 11 is 0.